The Bertz CT molecular complexity index is 961. The first-order valence-electron chi connectivity index (χ1n) is 6.54. The van der Waals surface area contributed by atoms with Crippen LogP contribution < -0.4 is 4.72 Å². The third-order valence-electron chi connectivity index (χ3n) is 3.42. The zero-order valence-corrected chi connectivity index (χ0v) is 12.1. The summed E-state index contributed by atoms with van der Waals surface area (Å²) in [5.74, 6) is -0.372. The van der Waals surface area contributed by atoms with Gasteiger partial charge in [-0.3, -0.25) is 14.5 Å². The molecule has 3 aromatic rings. The van der Waals surface area contributed by atoms with E-state index in [1.807, 2.05) is 30.5 Å². The smallest absolute Gasteiger partial charge is 0.258 e. The van der Waals surface area contributed by atoms with Crippen molar-refractivity contribution in [3.63, 3.8) is 0 Å². The highest BCUT2D eigenvalue weighted by molar-refractivity contribution is 7.93. The van der Waals surface area contributed by atoms with Crippen LogP contribution in [0.4, 0.5) is 0 Å². The highest BCUT2D eigenvalue weighted by atomic mass is 32.2. The Balaban J connectivity index is 1.75. The molecule has 1 N–H and O–H groups in total. The van der Waals surface area contributed by atoms with E-state index in [-0.39, 0.29) is 5.91 Å². The summed E-state index contributed by atoms with van der Waals surface area (Å²) in [5.41, 5.74) is 1.88. The summed E-state index contributed by atoms with van der Waals surface area (Å²) in [6.07, 6.45) is 8.29. The van der Waals surface area contributed by atoms with Crippen molar-refractivity contribution in [3.8, 4) is 11.1 Å². The molecule has 22 heavy (non-hydrogen) atoms. The van der Waals surface area contributed by atoms with Crippen molar-refractivity contribution in [2.75, 3.05) is 0 Å². The molecule has 6 nitrogen and oxygen atoms in total. The summed E-state index contributed by atoms with van der Waals surface area (Å²) in [7, 11) is -1.55. The molecule has 0 radical (unpaired) electrons. The summed E-state index contributed by atoms with van der Waals surface area (Å²) in [5, 5.41) is 6.67. The second-order valence-electron chi connectivity index (χ2n) is 4.83. The Morgan fingerprint density at radius 1 is 1.09 bits per heavy atom. The summed E-state index contributed by atoms with van der Waals surface area (Å²) < 4.78 is 15.5. The predicted molar refractivity (Wildman–Crippen MR) is 83.5 cm³/mol. The second-order valence-corrected chi connectivity index (χ2v) is 5.99. The van der Waals surface area contributed by atoms with Crippen molar-refractivity contribution in [1.29, 1.82) is 0 Å². The average Bonchev–Trinajstić information content (AvgIpc) is 3.13. The van der Waals surface area contributed by atoms with Crippen LogP contribution in [0.15, 0.2) is 55.1 Å². The number of carbonyl (C=O) groups is 1. The third-order valence-corrected chi connectivity index (χ3v) is 4.49. The molecule has 1 atom stereocenters. The fraction of sp³-hybridized carbons (Fsp3) is 0. The molecular formula is C15H10N4O2S. The van der Waals surface area contributed by atoms with Crippen molar-refractivity contribution in [2.45, 2.75) is 0 Å². The van der Waals surface area contributed by atoms with Gasteiger partial charge in [-0.05, 0) is 23.1 Å². The molecular weight excluding hydrogens is 300 g/mol. The molecule has 1 aliphatic heterocycles. The normalized spacial score (nSPS) is 17.5. The molecule has 3 heterocycles. The monoisotopic (exact) mass is 310 g/mol. The van der Waals surface area contributed by atoms with Crippen LogP contribution in [0.3, 0.4) is 0 Å². The number of benzene rings is 1. The summed E-state index contributed by atoms with van der Waals surface area (Å²) >= 11 is 0. The van der Waals surface area contributed by atoms with Gasteiger partial charge in [0.25, 0.3) is 5.91 Å². The van der Waals surface area contributed by atoms with Gasteiger partial charge in [-0.1, -0.05) is 12.1 Å². The molecule has 1 aromatic carbocycles. The number of hydrogen-bond acceptors (Lipinski definition) is 4. The number of nitrogens with one attached hydrogen (secondary N) is 1. The van der Waals surface area contributed by atoms with Crippen LogP contribution >= 0.6 is 0 Å². The first-order chi connectivity index (χ1) is 10.7. The first kappa shape index (κ1) is 12.9. The number of amides is 1. The van der Waals surface area contributed by atoms with Crippen molar-refractivity contribution in [3.05, 3.63) is 55.1 Å². The number of carbonyl (C=O) groups excluding carboxylic acids is 1. The molecule has 4 rings (SSSR count). The summed E-state index contributed by atoms with van der Waals surface area (Å²) in [4.78, 5) is 15.3. The van der Waals surface area contributed by atoms with E-state index in [1.165, 1.54) is 10.8 Å². The van der Waals surface area contributed by atoms with Crippen molar-refractivity contribution in [2.24, 2.45) is 0 Å². The molecule has 0 spiro atoms. The number of rotatable bonds is 2. The number of pyridine rings is 1. The Labute approximate surface area is 128 Å². The van der Waals surface area contributed by atoms with E-state index < -0.39 is 11.0 Å². The Kier molecular flexibility index (Phi) is 2.87. The molecule has 2 aromatic heterocycles. The van der Waals surface area contributed by atoms with Crippen molar-refractivity contribution >= 4 is 32.7 Å². The predicted octanol–water partition coefficient (Wildman–Crippen LogP) is 1.69. The standard InChI is InChI=1S/C15H10N4O2S/c20-14-6-15(22(21)18-14)19-9-13(8-17-19)10-1-2-12-7-16-4-3-11(12)5-10/h1-9H,(H,18,20). The minimum Gasteiger partial charge on any atom is -0.269 e. The lowest BCUT2D eigenvalue weighted by Gasteiger charge is -2.01. The molecule has 0 saturated heterocycles. The van der Waals surface area contributed by atoms with E-state index in [1.54, 1.807) is 18.6 Å². The zero-order valence-electron chi connectivity index (χ0n) is 11.3. The van der Waals surface area contributed by atoms with Gasteiger partial charge in [0.1, 0.15) is 0 Å². The van der Waals surface area contributed by atoms with Crippen LogP contribution in [-0.4, -0.2) is 24.9 Å². The topological polar surface area (TPSA) is 76.9 Å². The van der Waals surface area contributed by atoms with Crippen molar-refractivity contribution in [1.82, 2.24) is 19.5 Å². The maximum atomic E-state index is 11.7. The van der Waals surface area contributed by atoms with Gasteiger partial charge < -0.3 is 0 Å². The van der Waals surface area contributed by atoms with Crippen LogP contribution in [0, 0.1) is 0 Å². The Morgan fingerprint density at radius 2 is 2.00 bits per heavy atom. The summed E-state index contributed by atoms with van der Waals surface area (Å²) in [6.45, 7) is 0. The largest absolute Gasteiger partial charge is 0.269 e. The maximum Gasteiger partial charge on any atom is 0.258 e. The van der Waals surface area contributed by atoms with E-state index in [0.717, 1.165) is 21.9 Å². The third kappa shape index (κ3) is 2.11. The highest BCUT2D eigenvalue weighted by Gasteiger charge is 2.21. The number of nitrogens with zero attached hydrogens (tertiary/aromatic N) is 3. The highest BCUT2D eigenvalue weighted by Crippen LogP contribution is 2.25. The van der Waals surface area contributed by atoms with Gasteiger partial charge in [-0.15, -0.1) is 0 Å². The Hall–Kier alpha value is -2.80. The maximum absolute atomic E-state index is 11.7. The van der Waals surface area contributed by atoms with Crippen LogP contribution in [0.5, 0.6) is 0 Å². The van der Waals surface area contributed by atoms with E-state index in [9.17, 15) is 9.00 Å². The fourth-order valence-corrected chi connectivity index (χ4v) is 3.18. The lowest BCUT2D eigenvalue weighted by atomic mass is 10.1. The van der Waals surface area contributed by atoms with E-state index in [2.05, 4.69) is 14.8 Å². The Morgan fingerprint density at radius 3 is 2.82 bits per heavy atom. The quantitative estimate of drug-likeness (QED) is 0.781. The second kappa shape index (κ2) is 4.88. The SMILES string of the molecule is O=C1C=C(n2cc(-c3ccc4cnccc4c3)cn2)S(=O)N1. The lowest BCUT2D eigenvalue weighted by molar-refractivity contribution is -0.114. The van der Waals surface area contributed by atoms with E-state index >= 15 is 0 Å². The minimum atomic E-state index is -1.55. The van der Waals surface area contributed by atoms with Gasteiger partial charge >= 0.3 is 0 Å². The molecule has 108 valence electrons. The minimum absolute atomic E-state index is 0.334. The van der Waals surface area contributed by atoms with Crippen molar-refractivity contribution < 1.29 is 9.00 Å². The first-order valence-corrected chi connectivity index (χ1v) is 7.69. The van der Waals surface area contributed by atoms with E-state index in [4.69, 9.17) is 0 Å². The zero-order chi connectivity index (χ0) is 15.1. The van der Waals surface area contributed by atoms with Gasteiger partial charge in [0.05, 0.1) is 6.20 Å². The molecule has 7 heteroatoms. The molecule has 0 bridgehead atoms. The van der Waals surface area contributed by atoms with Gasteiger partial charge in [0, 0.05) is 35.6 Å². The number of aromatic nitrogens is 3. The number of hydrogen-bond donors (Lipinski definition) is 1. The van der Waals surface area contributed by atoms with Crippen LogP contribution in [-0.2, 0) is 15.8 Å². The number of fused-ring (bicyclic) bond motifs is 1. The summed E-state index contributed by atoms with van der Waals surface area (Å²) in [6, 6.07) is 7.96. The molecule has 1 aliphatic rings. The van der Waals surface area contributed by atoms with Gasteiger partial charge in [-0.25, -0.2) is 8.89 Å². The van der Waals surface area contributed by atoms with Crippen LogP contribution in [0.25, 0.3) is 26.9 Å². The van der Waals surface area contributed by atoms with Gasteiger partial charge in [0.2, 0.25) is 0 Å². The van der Waals surface area contributed by atoms with E-state index in [0.29, 0.717) is 5.03 Å². The average molecular weight is 310 g/mol. The van der Waals surface area contributed by atoms with Crippen LogP contribution in [0.2, 0.25) is 0 Å². The molecule has 0 aliphatic carbocycles. The lowest BCUT2D eigenvalue weighted by Crippen LogP contribution is -2.17. The molecule has 0 fully saturated rings. The molecule has 1 unspecified atom stereocenters. The van der Waals surface area contributed by atoms with Crippen LogP contribution in [0.1, 0.15) is 0 Å². The molecule has 1 amide bonds. The molecule has 0 saturated carbocycles. The van der Waals surface area contributed by atoms with Gasteiger partial charge in [-0.2, -0.15) is 5.10 Å². The van der Waals surface area contributed by atoms with Gasteiger partial charge in [0.15, 0.2) is 16.0 Å². The fourth-order valence-electron chi connectivity index (χ4n) is 2.35.